The molecule has 1 aliphatic rings. The minimum Gasteiger partial charge on any atom is -0.465 e. The molecule has 0 saturated carbocycles. The second kappa shape index (κ2) is 8.65. The van der Waals surface area contributed by atoms with Crippen LogP contribution in [0, 0.1) is 11.8 Å². The molecule has 1 aromatic rings. The molecule has 2 rings (SSSR count). The summed E-state index contributed by atoms with van der Waals surface area (Å²) < 4.78 is 9.33. The van der Waals surface area contributed by atoms with Gasteiger partial charge in [0.15, 0.2) is 0 Å². The third-order valence-electron chi connectivity index (χ3n) is 3.98. The Morgan fingerprint density at radius 1 is 1.08 bits per heavy atom. The minimum atomic E-state index is -0.595. The van der Waals surface area contributed by atoms with Crippen LogP contribution < -0.4 is 10.6 Å². The van der Waals surface area contributed by atoms with Gasteiger partial charge in [-0.25, -0.2) is 9.59 Å². The van der Waals surface area contributed by atoms with Gasteiger partial charge < -0.3 is 20.1 Å². The van der Waals surface area contributed by atoms with Crippen molar-refractivity contribution in [2.45, 2.75) is 6.92 Å². The second-order valence-electron chi connectivity index (χ2n) is 5.48. The number of rotatable bonds is 5. The normalized spacial score (nSPS) is 14.6. The maximum absolute atomic E-state index is 12.3. The van der Waals surface area contributed by atoms with Gasteiger partial charge in [0.2, 0.25) is 5.91 Å². The summed E-state index contributed by atoms with van der Waals surface area (Å²) in [6.45, 7) is 3.47. The van der Waals surface area contributed by atoms with Gasteiger partial charge in [0, 0.05) is 11.6 Å². The molecule has 0 aliphatic carbocycles. The Morgan fingerprint density at radius 2 is 1.58 bits per heavy atom. The van der Waals surface area contributed by atoms with Gasteiger partial charge in [0.1, 0.15) is 0 Å². The smallest absolute Gasteiger partial charge is 0.337 e. The van der Waals surface area contributed by atoms with Crippen LogP contribution in [0.3, 0.4) is 0 Å². The molecule has 1 unspecified atom stereocenters. The second-order valence-corrected chi connectivity index (χ2v) is 5.48. The zero-order valence-corrected chi connectivity index (χ0v) is 14.6. The van der Waals surface area contributed by atoms with E-state index in [9.17, 15) is 14.4 Å². The van der Waals surface area contributed by atoms with E-state index in [4.69, 9.17) is 0 Å². The van der Waals surface area contributed by atoms with E-state index in [2.05, 4.69) is 20.1 Å². The Kier molecular flexibility index (Phi) is 7.18. The van der Waals surface area contributed by atoms with E-state index in [1.807, 2.05) is 6.92 Å². The van der Waals surface area contributed by atoms with Crippen molar-refractivity contribution in [2.24, 2.45) is 11.8 Å². The van der Waals surface area contributed by atoms with Gasteiger partial charge in [0.05, 0.1) is 25.3 Å². The van der Waals surface area contributed by atoms with Crippen molar-refractivity contribution in [3.05, 3.63) is 29.3 Å². The zero-order valence-electron chi connectivity index (χ0n) is 13.8. The molecule has 0 spiro atoms. The summed E-state index contributed by atoms with van der Waals surface area (Å²) in [6, 6.07) is 4.32. The predicted octanol–water partition coefficient (Wildman–Crippen LogP) is 1.48. The maximum atomic E-state index is 12.3. The highest BCUT2D eigenvalue weighted by Crippen LogP contribution is 2.21. The molecule has 1 saturated heterocycles. The Labute approximate surface area is 146 Å². The summed E-state index contributed by atoms with van der Waals surface area (Å²) in [6.07, 6.45) is 0. The lowest BCUT2D eigenvalue weighted by Gasteiger charge is -2.31. The van der Waals surface area contributed by atoms with Gasteiger partial charge >= 0.3 is 11.9 Å². The van der Waals surface area contributed by atoms with Gasteiger partial charge in [-0.15, -0.1) is 12.4 Å². The van der Waals surface area contributed by atoms with Gasteiger partial charge in [-0.05, 0) is 37.2 Å². The molecular weight excluding hydrogens is 336 g/mol. The first kappa shape index (κ1) is 19.9. The maximum Gasteiger partial charge on any atom is 0.337 e. The van der Waals surface area contributed by atoms with Crippen molar-refractivity contribution in [1.29, 1.82) is 0 Å². The van der Waals surface area contributed by atoms with E-state index in [1.54, 1.807) is 0 Å². The molecule has 0 bridgehead atoms. The third-order valence-corrected chi connectivity index (χ3v) is 3.98. The van der Waals surface area contributed by atoms with Crippen LogP contribution in [-0.2, 0) is 14.3 Å². The highest BCUT2D eigenvalue weighted by molar-refractivity contribution is 5.99. The average molecular weight is 357 g/mol. The SMILES string of the molecule is COC(=O)c1cc(NC(=O)C(C)C2CNC2)cc(C(=O)OC)c1.Cl. The highest BCUT2D eigenvalue weighted by atomic mass is 35.5. The molecule has 1 amide bonds. The fourth-order valence-electron chi connectivity index (χ4n) is 2.31. The number of anilines is 1. The van der Waals surface area contributed by atoms with E-state index >= 15 is 0 Å². The summed E-state index contributed by atoms with van der Waals surface area (Å²) >= 11 is 0. The Bertz CT molecular complexity index is 597. The molecule has 7 nitrogen and oxygen atoms in total. The van der Waals surface area contributed by atoms with Gasteiger partial charge in [-0.3, -0.25) is 4.79 Å². The standard InChI is InChI=1S/C16H20N2O5.ClH/c1-9(12-7-17-8-12)14(19)18-13-5-10(15(20)22-2)4-11(6-13)16(21)23-3;/h4-6,9,12,17H,7-8H2,1-3H3,(H,18,19);1H. The number of ether oxygens (including phenoxy) is 2. The lowest BCUT2D eigenvalue weighted by molar-refractivity contribution is -0.121. The first-order chi connectivity index (χ1) is 11.0. The number of esters is 2. The average Bonchev–Trinajstić information content (AvgIpc) is 2.51. The lowest BCUT2D eigenvalue weighted by Crippen LogP contribution is -2.48. The number of amides is 1. The zero-order chi connectivity index (χ0) is 17.0. The topological polar surface area (TPSA) is 93.7 Å². The molecular formula is C16H21ClN2O5. The fourth-order valence-corrected chi connectivity index (χ4v) is 2.31. The van der Waals surface area contributed by atoms with Gasteiger partial charge in [-0.2, -0.15) is 0 Å². The molecule has 0 aromatic heterocycles. The number of methoxy groups -OCH3 is 2. The number of carbonyl (C=O) groups is 3. The minimum absolute atomic E-state index is 0. The molecule has 132 valence electrons. The Balaban J connectivity index is 0.00000288. The number of hydrogen-bond acceptors (Lipinski definition) is 6. The van der Waals surface area contributed by atoms with Crippen LogP contribution in [0.4, 0.5) is 5.69 Å². The summed E-state index contributed by atoms with van der Waals surface area (Å²) in [5.41, 5.74) is 0.699. The summed E-state index contributed by atoms with van der Waals surface area (Å²) in [4.78, 5) is 35.7. The quantitative estimate of drug-likeness (QED) is 0.776. The predicted molar refractivity (Wildman–Crippen MR) is 90.5 cm³/mol. The van der Waals surface area contributed by atoms with Crippen molar-refractivity contribution in [3.8, 4) is 0 Å². The van der Waals surface area contributed by atoms with Gasteiger partial charge in [0.25, 0.3) is 0 Å². The number of benzene rings is 1. The molecule has 1 heterocycles. The number of nitrogens with one attached hydrogen (secondary N) is 2. The summed E-state index contributed by atoms with van der Waals surface area (Å²) in [7, 11) is 2.49. The lowest BCUT2D eigenvalue weighted by atomic mass is 9.88. The van der Waals surface area contributed by atoms with Gasteiger partial charge in [-0.1, -0.05) is 6.92 Å². The molecule has 0 radical (unpaired) electrons. The van der Waals surface area contributed by atoms with Crippen molar-refractivity contribution in [1.82, 2.24) is 5.32 Å². The number of hydrogen-bond donors (Lipinski definition) is 2. The van der Waals surface area contributed by atoms with Crippen LogP contribution >= 0.6 is 12.4 Å². The molecule has 1 fully saturated rings. The third kappa shape index (κ3) is 4.46. The van der Waals surface area contributed by atoms with Crippen molar-refractivity contribution >= 4 is 35.9 Å². The van der Waals surface area contributed by atoms with Crippen LogP contribution in [0.5, 0.6) is 0 Å². The largest absolute Gasteiger partial charge is 0.465 e. The van der Waals surface area contributed by atoms with Crippen molar-refractivity contribution in [2.75, 3.05) is 32.6 Å². The van der Waals surface area contributed by atoms with E-state index in [0.29, 0.717) is 11.6 Å². The molecule has 24 heavy (non-hydrogen) atoms. The van der Waals surface area contributed by atoms with E-state index in [0.717, 1.165) is 13.1 Å². The highest BCUT2D eigenvalue weighted by Gasteiger charge is 2.29. The Morgan fingerprint density at radius 3 is 1.96 bits per heavy atom. The van der Waals surface area contributed by atoms with Crippen LogP contribution in [0.25, 0.3) is 0 Å². The Hall–Kier alpha value is -2.12. The van der Waals surface area contributed by atoms with Crippen LogP contribution in [0.2, 0.25) is 0 Å². The van der Waals surface area contributed by atoms with Crippen LogP contribution in [0.1, 0.15) is 27.6 Å². The molecule has 8 heteroatoms. The number of halogens is 1. The first-order valence-corrected chi connectivity index (χ1v) is 7.29. The molecule has 1 aromatic carbocycles. The van der Waals surface area contributed by atoms with Crippen LogP contribution in [0.15, 0.2) is 18.2 Å². The van der Waals surface area contributed by atoms with Crippen molar-refractivity contribution < 1.29 is 23.9 Å². The van der Waals surface area contributed by atoms with Crippen molar-refractivity contribution in [3.63, 3.8) is 0 Å². The molecule has 2 N–H and O–H groups in total. The monoisotopic (exact) mass is 356 g/mol. The van der Waals surface area contributed by atoms with Crippen LogP contribution in [-0.4, -0.2) is 45.2 Å². The fraction of sp³-hybridized carbons (Fsp3) is 0.438. The number of carbonyl (C=O) groups excluding carboxylic acids is 3. The van der Waals surface area contributed by atoms with E-state index < -0.39 is 11.9 Å². The molecule has 1 atom stereocenters. The molecule has 1 aliphatic heterocycles. The van der Waals surface area contributed by atoms with E-state index in [-0.39, 0.29) is 35.4 Å². The summed E-state index contributed by atoms with van der Waals surface area (Å²) in [5, 5.41) is 5.87. The van der Waals surface area contributed by atoms with E-state index in [1.165, 1.54) is 32.4 Å². The first-order valence-electron chi connectivity index (χ1n) is 7.29. The summed E-state index contributed by atoms with van der Waals surface area (Å²) in [5.74, 6) is -1.22.